The van der Waals surface area contributed by atoms with Gasteiger partial charge >= 0.3 is 0 Å². The Morgan fingerprint density at radius 3 is 0.909 bits per heavy atom. The van der Waals surface area contributed by atoms with Crippen LogP contribution in [0.15, 0.2) is 121 Å². The third-order valence-electron chi connectivity index (χ3n) is 6.22. The van der Waals surface area contributed by atoms with Crippen LogP contribution in [-0.2, 0) is 11.2 Å². The predicted molar refractivity (Wildman–Crippen MR) is 138 cm³/mol. The third-order valence-corrected chi connectivity index (χ3v) is 7.21. The molecule has 33 heavy (non-hydrogen) atoms. The van der Waals surface area contributed by atoms with E-state index in [4.69, 9.17) is 0 Å². The van der Waals surface area contributed by atoms with E-state index in [1.165, 1.54) is 0 Å². The smallest absolute Gasteiger partial charge is 0.115 e. The van der Waals surface area contributed by atoms with E-state index in [1.54, 1.807) is 11.8 Å². The molecule has 0 bridgehead atoms. The molecule has 4 aromatic rings. The fourth-order valence-electron chi connectivity index (χ4n) is 4.31. The van der Waals surface area contributed by atoms with Crippen LogP contribution in [0.25, 0.3) is 0 Å². The van der Waals surface area contributed by atoms with E-state index >= 15 is 0 Å². The van der Waals surface area contributed by atoms with Crippen molar-refractivity contribution in [3.63, 3.8) is 0 Å². The highest BCUT2D eigenvalue weighted by Crippen LogP contribution is 2.36. The first-order chi connectivity index (χ1) is 16.1. The first-order valence-corrected chi connectivity index (χ1v) is 12.5. The molecule has 0 amide bonds. The van der Waals surface area contributed by atoms with E-state index in [9.17, 15) is 10.2 Å². The molecule has 168 valence electrons. The van der Waals surface area contributed by atoms with Crippen molar-refractivity contribution < 1.29 is 10.2 Å². The Morgan fingerprint density at radius 1 is 0.424 bits per heavy atom. The quantitative estimate of drug-likeness (QED) is 0.274. The van der Waals surface area contributed by atoms with Crippen molar-refractivity contribution in [3.8, 4) is 0 Å². The number of benzene rings is 4. The second kappa shape index (κ2) is 10.8. The number of hydrogen-bond donors (Lipinski definition) is 2. The van der Waals surface area contributed by atoms with E-state index in [2.05, 4.69) is 0 Å². The molecule has 0 aliphatic rings. The molecule has 0 fully saturated rings. The van der Waals surface area contributed by atoms with E-state index in [1.807, 2.05) is 121 Å². The van der Waals surface area contributed by atoms with Gasteiger partial charge in [0.05, 0.1) is 0 Å². The summed E-state index contributed by atoms with van der Waals surface area (Å²) in [5.74, 6) is 1.56. The SMILES string of the molecule is OC(CCSCCC(O)(c1ccccc1)c1ccccc1)(c1ccccc1)c1ccccc1. The lowest BCUT2D eigenvalue weighted by atomic mass is 9.84. The molecule has 4 rings (SSSR count). The molecule has 0 aliphatic carbocycles. The van der Waals surface area contributed by atoms with Gasteiger partial charge in [0.1, 0.15) is 11.2 Å². The molecule has 2 N–H and O–H groups in total. The summed E-state index contributed by atoms with van der Waals surface area (Å²) in [5, 5.41) is 23.4. The van der Waals surface area contributed by atoms with Crippen LogP contribution in [-0.4, -0.2) is 21.7 Å². The fraction of sp³-hybridized carbons (Fsp3) is 0.200. The topological polar surface area (TPSA) is 40.5 Å². The summed E-state index contributed by atoms with van der Waals surface area (Å²) < 4.78 is 0. The lowest BCUT2D eigenvalue weighted by Crippen LogP contribution is -2.29. The minimum absolute atomic E-state index is 0.598. The summed E-state index contributed by atoms with van der Waals surface area (Å²) in [6.45, 7) is 0. The van der Waals surface area contributed by atoms with Gasteiger partial charge in [0.2, 0.25) is 0 Å². The Hall–Kier alpha value is -2.85. The Labute approximate surface area is 201 Å². The van der Waals surface area contributed by atoms with Crippen LogP contribution in [0, 0.1) is 0 Å². The maximum absolute atomic E-state index is 11.7. The van der Waals surface area contributed by atoms with Crippen molar-refractivity contribution in [2.24, 2.45) is 0 Å². The minimum Gasteiger partial charge on any atom is -0.380 e. The average Bonchev–Trinajstić information content (AvgIpc) is 2.90. The molecule has 2 nitrogen and oxygen atoms in total. The summed E-state index contributed by atoms with van der Waals surface area (Å²) in [6.07, 6.45) is 1.20. The number of aliphatic hydroxyl groups is 2. The molecule has 0 radical (unpaired) electrons. The van der Waals surface area contributed by atoms with E-state index in [0.717, 1.165) is 33.8 Å². The van der Waals surface area contributed by atoms with Crippen molar-refractivity contribution in [2.45, 2.75) is 24.0 Å². The summed E-state index contributed by atoms with van der Waals surface area (Å²) in [4.78, 5) is 0. The van der Waals surface area contributed by atoms with Gasteiger partial charge in [0, 0.05) is 0 Å². The van der Waals surface area contributed by atoms with Gasteiger partial charge in [-0.05, 0) is 46.6 Å². The van der Waals surface area contributed by atoms with Gasteiger partial charge in [0.15, 0.2) is 0 Å². The van der Waals surface area contributed by atoms with E-state index in [-0.39, 0.29) is 0 Å². The standard InChI is InChI=1S/C30H30O2S/c31-29(25-13-5-1-6-14-25,26-15-7-2-8-16-26)21-23-33-24-22-30(32,27-17-9-3-10-18-27)28-19-11-4-12-20-28/h1-20,31-32H,21-24H2. The van der Waals surface area contributed by atoms with Crippen LogP contribution < -0.4 is 0 Å². The average molecular weight is 455 g/mol. The third kappa shape index (κ3) is 5.39. The van der Waals surface area contributed by atoms with Gasteiger partial charge in [-0.25, -0.2) is 0 Å². The maximum Gasteiger partial charge on any atom is 0.115 e. The van der Waals surface area contributed by atoms with Gasteiger partial charge in [0.25, 0.3) is 0 Å². The van der Waals surface area contributed by atoms with Gasteiger partial charge in [-0.3, -0.25) is 0 Å². The zero-order chi connectivity index (χ0) is 23.0. The summed E-state index contributed by atoms with van der Waals surface area (Å²) >= 11 is 1.77. The maximum atomic E-state index is 11.7. The van der Waals surface area contributed by atoms with Crippen molar-refractivity contribution in [1.29, 1.82) is 0 Å². The van der Waals surface area contributed by atoms with Crippen LogP contribution in [0.4, 0.5) is 0 Å². The highest BCUT2D eigenvalue weighted by Gasteiger charge is 2.32. The minimum atomic E-state index is -1.04. The van der Waals surface area contributed by atoms with Gasteiger partial charge < -0.3 is 10.2 Å². The second-order valence-electron chi connectivity index (χ2n) is 8.30. The molecule has 0 aromatic heterocycles. The molecule has 0 aliphatic heterocycles. The monoisotopic (exact) mass is 454 g/mol. The first-order valence-electron chi connectivity index (χ1n) is 11.4. The van der Waals surface area contributed by atoms with Crippen LogP contribution in [0.3, 0.4) is 0 Å². The van der Waals surface area contributed by atoms with Crippen molar-refractivity contribution in [1.82, 2.24) is 0 Å². The lowest BCUT2D eigenvalue weighted by Gasteiger charge is -2.31. The summed E-state index contributed by atoms with van der Waals surface area (Å²) in [5.41, 5.74) is 1.54. The van der Waals surface area contributed by atoms with Gasteiger partial charge in [-0.1, -0.05) is 121 Å². The molecule has 4 aromatic carbocycles. The molecule has 0 atom stereocenters. The zero-order valence-electron chi connectivity index (χ0n) is 18.7. The molecule has 0 spiro atoms. The Balaban J connectivity index is 1.45. The van der Waals surface area contributed by atoms with E-state index in [0.29, 0.717) is 12.8 Å². The van der Waals surface area contributed by atoms with Crippen LogP contribution in [0.1, 0.15) is 35.1 Å². The van der Waals surface area contributed by atoms with Crippen molar-refractivity contribution >= 4 is 11.8 Å². The number of hydrogen-bond acceptors (Lipinski definition) is 3. The van der Waals surface area contributed by atoms with Crippen LogP contribution in [0.2, 0.25) is 0 Å². The first kappa shape index (κ1) is 23.3. The summed E-state index contributed by atoms with van der Waals surface area (Å²) in [7, 11) is 0. The molecule has 0 unspecified atom stereocenters. The zero-order valence-corrected chi connectivity index (χ0v) is 19.5. The largest absolute Gasteiger partial charge is 0.380 e. The molecule has 0 saturated heterocycles. The lowest BCUT2D eigenvalue weighted by molar-refractivity contribution is 0.0767. The van der Waals surface area contributed by atoms with Gasteiger partial charge in [-0.2, -0.15) is 11.8 Å². The van der Waals surface area contributed by atoms with Crippen LogP contribution >= 0.6 is 11.8 Å². The number of rotatable bonds is 10. The Kier molecular flexibility index (Phi) is 7.66. The Bertz CT molecular complexity index is 929. The van der Waals surface area contributed by atoms with Crippen molar-refractivity contribution in [2.75, 3.05) is 11.5 Å². The Morgan fingerprint density at radius 2 is 0.667 bits per heavy atom. The molecular formula is C30H30O2S. The fourth-order valence-corrected chi connectivity index (χ4v) is 5.39. The second-order valence-corrected chi connectivity index (χ2v) is 9.52. The highest BCUT2D eigenvalue weighted by atomic mass is 32.2. The molecule has 0 heterocycles. The predicted octanol–water partition coefficient (Wildman–Crippen LogP) is 6.37. The molecule has 0 saturated carbocycles. The van der Waals surface area contributed by atoms with Crippen LogP contribution in [0.5, 0.6) is 0 Å². The number of thioether (sulfide) groups is 1. The summed E-state index contributed by atoms with van der Waals surface area (Å²) in [6, 6.07) is 39.5. The molecular weight excluding hydrogens is 424 g/mol. The van der Waals surface area contributed by atoms with Crippen molar-refractivity contribution in [3.05, 3.63) is 144 Å². The van der Waals surface area contributed by atoms with E-state index < -0.39 is 11.2 Å². The highest BCUT2D eigenvalue weighted by molar-refractivity contribution is 7.99. The molecule has 3 heteroatoms. The van der Waals surface area contributed by atoms with Gasteiger partial charge in [-0.15, -0.1) is 0 Å². The normalized spacial score (nSPS) is 11.9.